The van der Waals surface area contributed by atoms with E-state index in [1.807, 2.05) is 39.0 Å². The topological polar surface area (TPSA) is 49.4 Å². The van der Waals surface area contributed by atoms with Gasteiger partial charge in [0.2, 0.25) is 11.8 Å². The fourth-order valence-electron chi connectivity index (χ4n) is 3.83. The van der Waals surface area contributed by atoms with E-state index in [2.05, 4.69) is 49.5 Å². The normalized spacial score (nSPS) is 12.8. The molecule has 2 aromatic rings. The maximum atomic E-state index is 13.3. The molecule has 2 amide bonds. The lowest BCUT2D eigenvalue weighted by Crippen LogP contribution is -2.52. The number of carbonyl (C=O) groups excluding carboxylic acids is 2. The number of rotatable bonds is 12. The van der Waals surface area contributed by atoms with E-state index in [0.717, 1.165) is 18.6 Å². The van der Waals surface area contributed by atoms with Gasteiger partial charge in [0.15, 0.2) is 0 Å². The number of hydrogen-bond acceptors (Lipinski definition) is 3. The minimum atomic E-state index is -0.443. The number of amides is 2. The Bertz CT molecular complexity index is 849. The molecular weight excluding hydrogens is 416 g/mol. The summed E-state index contributed by atoms with van der Waals surface area (Å²) >= 11 is 1.62. The maximum Gasteiger partial charge on any atom is 0.243 e. The molecule has 0 spiro atoms. The first-order valence-corrected chi connectivity index (χ1v) is 12.8. The second kappa shape index (κ2) is 13.3. The number of hydrogen-bond donors (Lipinski definition) is 1. The third-order valence-electron chi connectivity index (χ3n) is 5.65. The Morgan fingerprint density at radius 1 is 0.969 bits per heavy atom. The summed E-state index contributed by atoms with van der Waals surface area (Å²) in [6.07, 6.45) is 2.21. The van der Waals surface area contributed by atoms with Crippen LogP contribution in [0.5, 0.6) is 0 Å². The van der Waals surface area contributed by atoms with Gasteiger partial charge in [-0.05, 0) is 51.2 Å². The van der Waals surface area contributed by atoms with E-state index in [9.17, 15) is 9.59 Å². The summed E-state index contributed by atoms with van der Waals surface area (Å²) in [5.41, 5.74) is 4.89. The van der Waals surface area contributed by atoms with Crippen molar-refractivity contribution in [3.63, 3.8) is 0 Å². The summed E-state index contributed by atoms with van der Waals surface area (Å²) in [6.45, 7) is 10.8. The van der Waals surface area contributed by atoms with Crippen LogP contribution in [0.4, 0.5) is 0 Å². The van der Waals surface area contributed by atoms with Crippen molar-refractivity contribution in [2.45, 2.75) is 71.7 Å². The van der Waals surface area contributed by atoms with Crippen molar-refractivity contribution in [1.82, 2.24) is 10.2 Å². The molecule has 4 nitrogen and oxygen atoms in total. The molecule has 0 unspecified atom stereocenters. The second-order valence-electron chi connectivity index (χ2n) is 8.55. The van der Waals surface area contributed by atoms with Crippen LogP contribution in [0.2, 0.25) is 0 Å². The predicted octanol–water partition coefficient (Wildman–Crippen LogP) is 5.30. The van der Waals surface area contributed by atoms with Crippen LogP contribution in [0.1, 0.15) is 55.9 Å². The molecule has 0 fully saturated rings. The molecule has 32 heavy (non-hydrogen) atoms. The largest absolute Gasteiger partial charge is 0.352 e. The lowest BCUT2D eigenvalue weighted by atomic mass is 10.1. The van der Waals surface area contributed by atoms with E-state index in [-0.39, 0.29) is 17.9 Å². The van der Waals surface area contributed by atoms with Crippen LogP contribution in [-0.4, -0.2) is 41.1 Å². The van der Waals surface area contributed by atoms with Gasteiger partial charge in [-0.3, -0.25) is 9.59 Å². The molecule has 5 heteroatoms. The predicted molar refractivity (Wildman–Crippen MR) is 136 cm³/mol. The van der Waals surface area contributed by atoms with E-state index in [4.69, 9.17) is 0 Å². The summed E-state index contributed by atoms with van der Waals surface area (Å²) in [5, 5.41) is 3.07. The molecule has 0 heterocycles. The van der Waals surface area contributed by atoms with Gasteiger partial charge in [-0.15, -0.1) is 11.8 Å². The van der Waals surface area contributed by atoms with Gasteiger partial charge in [0.25, 0.3) is 0 Å². The van der Waals surface area contributed by atoms with Gasteiger partial charge in [0.1, 0.15) is 6.04 Å². The van der Waals surface area contributed by atoms with Crippen molar-refractivity contribution in [3.05, 3.63) is 70.8 Å². The van der Waals surface area contributed by atoms with Crippen molar-refractivity contribution in [2.75, 3.05) is 12.3 Å². The first-order chi connectivity index (χ1) is 15.3. The highest BCUT2D eigenvalue weighted by atomic mass is 32.2. The Hall–Kier alpha value is -2.27. The molecule has 1 N–H and O–H groups in total. The average molecular weight is 455 g/mol. The first-order valence-electron chi connectivity index (χ1n) is 11.6. The lowest BCUT2D eigenvalue weighted by molar-refractivity contribution is -0.139. The Balaban J connectivity index is 2.08. The SMILES string of the molecule is CC[C@H](C)NC(=O)[C@H](CC)N(CCc1ccccc1)C(=O)CSCc1cc(C)cc(C)c1. The number of nitrogens with one attached hydrogen (secondary N) is 1. The number of nitrogens with zero attached hydrogens (tertiary/aromatic N) is 1. The molecular formula is C27H38N2O2S. The second-order valence-corrected chi connectivity index (χ2v) is 9.54. The highest BCUT2D eigenvalue weighted by Crippen LogP contribution is 2.18. The van der Waals surface area contributed by atoms with Gasteiger partial charge in [-0.2, -0.15) is 0 Å². The smallest absolute Gasteiger partial charge is 0.243 e. The van der Waals surface area contributed by atoms with Crippen LogP contribution < -0.4 is 5.32 Å². The van der Waals surface area contributed by atoms with E-state index >= 15 is 0 Å². The Morgan fingerprint density at radius 3 is 2.22 bits per heavy atom. The zero-order valence-corrected chi connectivity index (χ0v) is 21.0. The molecule has 0 saturated heterocycles. The monoisotopic (exact) mass is 454 g/mol. The first kappa shape index (κ1) is 26.0. The fourth-order valence-corrected chi connectivity index (χ4v) is 4.67. The number of benzene rings is 2. The van der Waals surface area contributed by atoms with Crippen molar-refractivity contribution in [3.8, 4) is 0 Å². The molecule has 2 atom stereocenters. The molecule has 174 valence electrons. The van der Waals surface area contributed by atoms with Gasteiger partial charge in [0, 0.05) is 18.3 Å². The summed E-state index contributed by atoms with van der Waals surface area (Å²) in [7, 11) is 0. The van der Waals surface area contributed by atoms with Crippen LogP contribution in [0, 0.1) is 13.8 Å². The number of aryl methyl sites for hydroxylation is 2. The summed E-state index contributed by atoms with van der Waals surface area (Å²) in [5.74, 6) is 1.13. The quantitative estimate of drug-likeness (QED) is 0.473. The van der Waals surface area contributed by atoms with E-state index in [1.165, 1.54) is 22.3 Å². The molecule has 0 aliphatic rings. The number of carbonyl (C=O) groups is 2. The number of thioether (sulfide) groups is 1. The minimum absolute atomic E-state index is 0.0291. The van der Waals surface area contributed by atoms with Gasteiger partial charge in [0.05, 0.1) is 5.75 Å². The molecule has 2 aromatic carbocycles. The Morgan fingerprint density at radius 2 is 1.62 bits per heavy atom. The lowest BCUT2D eigenvalue weighted by Gasteiger charge is -2.31. The molecule has 0 aromatic heterocycles. The summed E-state index contributed by atoms with van der Waals surface area (Å²) in [4.78, 5) is 28.0. The van der Waals surface area contributed by atoms with Crippen molar-refractivity contribution in [2.24, 2.45) is 0 Å². The maximum absolute atomic E-state index is 13.3. The zero-order valence-electron chi connectivity index (χ0n) is 20.2. The molecule has 0 radical (unpaired) electrons. The molecule has 0 aliphatic carbocycles. The Kier molecular flexibility index (Phi) is 10.8. The van der Waals surface area contributed by atoms with Crippen LogP contribution in [0.15, 0.2) is 48.5 Å². The van der Waals surface area contributed by atoms with Crippen molar-refractivity contribution < 1.29 is 9.59 Å². The van der Waals surface area contributed by atoms with Crippen LogP contribution in [0.3, 0.4) is 0 Å². The summed E-state index contributed by atoms with van der Waals surface area (Å²) in [6, 6.07) is 16.3. The van der Waals surface area contributed by atoms with Crippen molar-refractivity contribution in [1.29, 1.82) is 0 Å². The molecule has 0 saturated carbocycles. The van der Waals surface area contributed by atoms with Gasteiger partial charge < -0.3 is 10.2 Å². The van der Waals surface area contributed by atoms with Crippen molar-refractivity contribution >= 4 is 23.6 Å². The van der Waals surface area contributed by atoms with E-state index < -0.39 is 6.04 Å². The van der Waals surface area contributed by atoms with Gasteiger partial charge >= 0.3 is 0 Å². The molecule has 0 aliphatic heterocycles. The third kappa shape index (κ3) is 8.34. The van der Waals surface area contributed by atoms with Crippen LogP contribution >= 0.6 is 11.8 Å². The summed E-state index contributed by atoms with van der Waals surface area (Å²) < 4.78 is 0. The minimum Gasteiger partial charge on any atom is -0.352 e. The van der Waals surface area contributed by atoms with Gasteiger partial charge in [-0.25, -0.2) is 0 Å². The van der Waals surface area contributed by atoms with Crippen LogP contribution in [0.25, 0.3) is 0 Å². The highest BCUT2D eigenvalue weighted by molar-refractivity contribution is 7.99. The zero-order chi connectivity index (χ0) is 23.5. The fraction of sp³-hybridized carbons (Fsp3) is 0.481. The standard InChI is InChI=1S/C27H38N2O2S/c1-6-22(5)28-27(31)25(7-2)29(14-13-23-11-9-8-10-12-23)26(30)19-32-18-24-16-20(3)15-21(4)17-24/h8-12,15-17,22,25H,6-7,13-14,18-19H2,1-5H3,(H,28,31)/t22-,25-/m0/s1. The van der Waals surface area contributed by atoms with Gasteiger partial charge in [-0.1, -0.05) is 73.5 Å². The van der Waals surface area contributed by atoms with Crippen LogP contribution in [-0.2, 0) is 21.8 Å². The molecule has 2 rings (SSSR count). The average Bonchev–Trinajstić information content (AvgIpc) is 2.76. The Labute approximate surface area is 198 Å². The molecule has 0 bridgehead atoms. The third-order valence-corrected chi connectivity index (χ3v) is 6.64. The van der Waals surface area contributed by atoms with E-state index in [1.54, 1.807) is 16.7 Å². The highest BCUT2D eigenvalue weighted by Gasteiger charge is 2.28. The van der Waals surface area contributed by atoms with E-state index in [0.29, 0.717) is 18.7 Å².